The number of tetrazole rings is 1. The smallest absolute Gasteiger partial charge is 0.241 e. The molecule has 0 saturated carbocycles. The molecule has 1 aliphatic heterocycles. The molecule has 0 bridgehead atoms. The predicted molar refractivity (Wildman–Crippen MR) is 108 cm³/mol. The summed E-state index contributed by atoms with van der Waals surface area (Å²) in [6, 6.07) is 18.9. The third kappa shape index (κ3) is 2.82. The Kier molecular flexibility index (Phi) is 3.83. The Balaban J connectivity index is 1.65. The first kappa shape index (κ1) is 17.1. The van der Waals surface area contributed by atoms with E-state index in [1.165, 1.54) is 0 Å². The number of carbonyl (C=O) groups is 2. The number of nitrogens with one attached hydrogen (secondary N) is 1. The van der Waals surface area contributed by atoms with Gasteiger partial charge in [0.2, 0.25) is 11.8 Å². The zero-order valence-electron chi connectivity index (χ0n) is 15.5. The van der Waals surface area contributed by atoms with Crippen LogP contribution >= 0.6 is 0 Å². The summed E-state index contributed by atoms with van der Waals surface area (Å²) in [6.45, 7) is 1.81. The molecule has 0 atom stereocenters. The van der Waals surface area contributed by atoms with Gasteiger partial charge in [-0.2, -0.15) is 4.68 Å². The van der Waals surface area contributed by atoms with Crippen LogP contribution < -0.4 is 10.2 Å². The molecule has 1 aliphatic rings. The van der Waals surface area contributed by atoms with Gasteiger partial charge in [-0.25, -0.2) is 0 Å². The third-order valence-corrected chi connectivity index (χ3v) is 4.95. The minimum atomic E-state index is -0.323. The average molecular weight is 384 g/mol. The Labute approximate surface area is 165 Å². The number of benzene rings is 3. The van der Waals surface area contributed by atoms with Crippen molar-refractivity contribution >= 4 is 39.6 Å². The van der Waals surface area contributed by atoms with Gasteiger partial charge in [0.25, 0.3) is 0 Å². The minimum absolute atomic E-state index is 0.225. The minimum Gasteiger partial charge on any atom is -0.323 e. The fourth-order valence-corrected chi connectivity index (χ4v) is 3.61. The maximum Gasteiger partial charge on any atom is 0.241 e. The highest BCUT2D eigenvalue weighted by molar-refractivity contribution is 6.21. The van der Waals surface area contributed by atoms with Crippen molar-refractivity contribution in [3.63, 3.8) is 0 Å². The van der Waals surface area contributed by atoms with Crippen molar-refractivity contribution in [1.82, 2.24) is 20.2 Å². The van der Waals surface area contributed by atoms with Crippen LogP contribution in [0.25, 0.3) is 16.5 Å². The number of hydrogen-bond acceptors (Lipinski definition) is 5. The van der Waals surface area contributed by atoms with E-state index in [9.17, 15) is 9.59 Å². The summed E-state index contributed by atoms with van der Waals surface area (Å²) >= 11 is 0. The van der Waals surface area contributed by atoms with Gasteiger partial charge < -0.3 is 5.32 Å². The van der Waals surface area contributed by atoms with Gasteiger partial charge in [-0.05, 0) is 53.1 Å². The monoisotopic (exact) mass is 384 g/mol. The predicted octanol–water partition coefficient (Wildman–Crippen LogP) is 3.13. The first-order chi connectivity index (χ1) is 14.1. The summed E-state index contributed by atoms with van der Waals surface area (Å²) in [7, 11) is 0. The maximum absolute atomic E-state index is 12.9. The number of anilines is 3. The summed E-state index contributed by atoms with van der Waals surface area (Å²) < 4.78 is 1.61. The van der Waals surface area contributed by atoms with Crippen molar-refractivity contribution in [1.29, 1.82) is 0 Å². The van der Waals surface area contributed by atoms with Crippen LogP contribution in [-0.2, 0) is 9.59 Å². The highest BCUT2D eigenvalue weighted by Crippen LogP contribution is 2.40. The zero-order chi connectivity index (χ0) is 20.0. The molecule has 29 heavy (non-hydrogen) atoms. The lowest BCUT2D eigenvalue weighted by atomic mass is 10.1. The molecule has 5 rings (SSSR count). The quantitative estimate of drug-likeness (QED) is 0.536. The van der Waals surface area contributed by atoms with E-state index in [-0.39, 0.29) is 18.2 Å². The van der Waals surface area contributed by atoms with Gasteiger partial charge in [0.15, 0.2) is 5.82 Å². The van der Waals surface area contributed by atoms with Crippen molar-refractivity contribution in [3.8, 4) is 5.69 Å². The highest BCUT2D eigenvalue weighted by Gasteiger charge is 2.28. The fourth-order valence-electron chi connectivity index (χ4n) is 3.61. The van der Waals surface area contributed by atoms with E-state index in [1.54, 1.807) is 9.58 Å². The molecular weight excluding hydrogens is 368 g/mol. The fraction of sp³-hybridized carbons (Fsp3) is 0.0952. The molecule has 0 unspecified atom stereocenters. The van der Waals surface area contributed by atoms with Crippen molar-refractivity contribution in [3.05, 3.63) is 66.5 Å². The van der Waals surface area contributed by atoms with Gasteiger partial charge in [0, 0.05) is 11.1 Å². The summed E-state index contributed by atoms with van der Waals surface area (Å²) in [5, 5.41) is 16.3. The Hall–Kier alpha value is -4.07. The molecular formula is C21H16N6O2. The summed E-state index contributed by atoms with van der Waals surface area (Å²) in [6.07, 6.45) is -0.225. The number of aromatic nitrogens is 4. The maximum atomic E-state index is 12.9. The van der Waals surface area contributed by atoms with Gasteiger partial charge in [-0.3, -0.25) is 14.5 Å². The normalized spacial score (nSPS) is 13.9. The second kappa shape index (κ2) is 6.52. The Morgan fingerprint density at radius 3 is 2.45 bits per heavy atom. The molecule has 3 aromatic carbocycles. The van der Waals surface area contributed by atoms with E-state index in [0.29, 0.717) is 22.9 Å². The zero-order valence-corrected chi connectivity index (χ0v) is 15.5. The largest absolute Gasteiger partial charge is 0.323 e. The van der Waals surface area contributed by atoms with Crippen LogP contribution in [0.1, 0.15) is 12.2 Å². The van der Waals surface area contributed by atoms with Crippen molar-refractivity contribution < 1.29 is 9.59 Å². The van der Waals surface area contributed by atoms with E-state index in [1.807, 2.05) is 67.6 Å². The number of nitrogens with zero attached hydrogens (tertiary/aromatic N) is 5. The topological polar surface area (TPSA) is 93.0 Å². The lowest BCUT2D eigenvalue weighted by Gasteiger charge is -2.23. The molecule has 1 aromatic heterocycles. The molecule has 1 N–H and O–H groups in total. The van der Waals surface area contributed by atoms with Crippen LogP contribution in [0.3, 0.4) is 0 Å². The molecule has 0 spiro atoms. The van der Waals surface area contributed by atoms with Crippen molar-refractivity contribution in [2.45, 2.75) is 13.3 Å². The van der Waals surface area contributed by atoms with Crippen LogP contribution in [-0.4, -0.2) is 32.0 Å². The first-order valence-electron chi connectivity index (χ1n) is 9.12. The van der Waals surface area contributed by atoms with Crippen molar-refractivity contribution in [2.75, 3.05) is 10.2 Å². The molecule has 142 valence electrons. The summed E-state index contributed by atoms with van der Waals surface area (Å²) in [5.74, 6) is 0.0501. The Bertz CT molecular complexity index is 1260. The van der Waals surface area contributed by atoms with E-state index >= 15 is 0 Å². The Morgan fingerprint density at radius 1 is 0.931 bits per heavy atom. The number of carbonyl (C=O) groups excluding carboxylic acids is 2. The molecule has 4 aromatic rings. The lowest BCUT2D eigenvalue weighted by Crippen LogP contribution is -2.26. The molecule has 2 amide bonds. The Morgan fingerprint density at radius 2 is 1.69 bits per heavy atom. The van der Waals surface area contributed by atoms with Gasteiger partial charge in [-0.15, -0.1) is 5.10 Å². The van der Waals surface area contributed by atoms with E-state index in [2.05, 4.69) is 20.8 Å². The summed E-state index contributed by atoms with van der Waals surface area (Å²) in [5.41, 5.74) is 2.73. The van der Waals surface area contributed by atoms with Crippen LogP contribution in [0.15, 0.2) is 60.7 Å². The number of rotatable bonds is 2. The average Bonchev–Trinajstić information content (AvgIpc) is 3.10. The lowest BCUT2D eigenvalue weighted by molar-refractivity contribution is -0.124. The van der Waals surface area contributed by atoms with Gasteiger partial charge in [-0.1, -0.05) is 30.3 Å². The second-order valence-corrected chi connectivity index (χ2v) is 6.79. The van der Waals surface area contributed by atoms with E-state index < -0.39 is 0 Å². The molecule has 0 fully saturated rings. The van der Waals surface area contributed by atoms with Gasteiger partial charge in [0.05, 0.1) is 17.1 Å². The molecule has 0 radical (unpaired) electrons. The molecule has 2 heterocycles. The summed E-state index contributed by atoms with van der Waals surface area (Å²) in [4.78, 5) is 26.8. The van der Waals surface area contributed by atoms with Crippen LogP contribution in [0.4, 0.5) is 17.1 Å². The number of hydrogen-bond donors (Lipinski definition) is 1. The third-order valence-electron chi connectivity index (χ3n) is 4.95. The molecule has 0 saturated heterocycles. The van der Waals surface area contributed by atoms with Crippen molar-refractivity contribution in [2.24, 2.45) is 0 Å². The highest BCUT2D eigenvalue weighted by atomic mass is 16.2. The van der Waals surface area contributed by atoms with Crippen LogP contribution in [0.2, 0.25) is 0 Å². The number of aryl methyl sites for hydroxylation is 1. The molecule has 0 aliphatic carbocycles. The van der Waals surface area contributed by atoms with E-state index in [4.69, 9.17) is 0 Å². The first-order valence-corrected chi connectivity index (χ1v) is 9.12. The van der Waals surface area contributed by atoms with Crippen LogP contribution in [0.5, 0.6) is 0 Å². The van der Waals surface area contributed by atoms with Gasteiger partial charge >= 0.3 is 0 Å². The second-order valence-electron chi connectivity index (χ2n) is 6.79. The molecule has 8 heteroatoms. The number of amides is 2. The van der Waals surface area contributed by atoms with Gasteiger partial charge in [0.1, 0.15) is 6.42 Å². The standard InChI is InChI=1S/C21H16N6O2/c1-13-23-24-25-27(13)16-9-7-15(8-10-16)26-18-11-6-14-4-2-3-5-17(14)21(18)22-19(28)12-20(26)29/h2-11H,12H2,1H3,(H,22,28). The number of fused-ring (bicyclic) bond motifs is 3. The van der Waals surface area contributed by atoms with Crippen LogP contribution in [0, 0.1) is 6.92 Å². The molecule has 8 nitrogen and oxygen atoms in total. The SMILES string of the molecule is Cc1nnnn1-c1ccc(N2C(=O)CC(=O)Nc3c2ccc2ccccc32)cc1. The van der Waals surface area contributed by atoms with E-state index in [0.717, 1.165) is 16.5 Å².